The van der Waals surface area contributed by atoms with Crippen molar-refractivity contribution in [3.8, 4) is 0 Å². The van der Waals surface area contributed by atoms with Crippen molar-refractivity contribution in [1.82, 2.24) is 14.1 Å². The molecule has 1 heterocycles. The number of aromatic nitrogens is 2. The Morgan fingerprint density at radius 2 is 1.81 bits per heavy atom. The number of hydrogen-bond donors (Lipinski definition) is 1. The summed E-state index contributed by atoms with van der Waals surface area (Å²) in [5, 5.41) is 7.99. The lowest BCUT2D eigenvalue weighted by molar-refractivity contribution is -0.117. The van der Waals surface area contributed by atoms with Crippen molar-refractivity contribution in [1.29, 1.82) is 0 Å². The largest absolute Gasteiger partial charge is 0.324 e. The predicted octanol–water partition coefficient (Wildman–Crippen LogP) is 2.68. The van der Waals surface area contributed by atoms with Gasteiger partial charge < -0.3 is 5.32 Å². The SMILES string of the molecule is CCN(CC)S(=O)(=O)c1cc(C)c(C)c(NC(=O)Cn2ncc3ccccc3c2=O)c1. The molecular formula is C22H26N4O4S. The van der Waals surface area contributed by atoms with Gasteiger partial charge in [0.25, 0.3) is 5.56 Å². The van der Waals surface area contributed by atoms with Crippen LogP contribution in [0, 0.1) is 13.8 Å². The molecule has 2 aromatic carbocycles. The topological polar surface area (TPSA) is 101 Å². The Bertz CT molecular complexity index is 1290. The maximum absolute atomic E-state index is 12.9. The van der Waals surface area contributed by atoms with Gasteiger partial charge in [0.1, 0.15) is 6.54 Å². The zero-order valence-electron chi connectivity index (χ0n) is 18.0. The molecule has 1 aromatic heterocycles. The number of sulfonamides is 1. The van der Waals surface area contributed by atoms with Gasteiger partial charge in [0.2, 0.25) is 15.9 Å². The van der Waals surface area contributed by atoms with E-state index >= 15 is 0 Å². The molecule has 0 bridgehead atoms. The summed E-state index contributed by atoms with van der Waals surface area (Å²) in [5.41, 5.74) is 1.53. The molecule has 3 aromatic rings. The Labute approximate surface area is 181 Å². The minimum atomic E-state index is -3.67. The molecule has 31 heavy (non-hydrogen) atoms. The van der Waals surface area contributed by atoms with Crippen LogP contribution in [0.5, 0.6) is 0 Å². The fourth-order valence-corrected chi connectivity index (χ4v) is 4.95. The molecule has 0 unspecified atom stereocenters. The van der Waals surface area contributed by atoms with Crippen LogP contribution in [0.4, 0.5) is 5.69 Å². The highest BCUT2D eigenvalue weighted by atomic mass is 32.2. The van der Waals surface area contributed by atoms with Crippen LogP contribution in [-0.2, 0) is 21.4 Å². The molecule has 0 saturated heterocycles. The maximum Gasteiger partial charge on any atom is 0.275 e. The van der Waals surface area contributed by atoms with Gasteiger partial charge in [-0.15, -0.1) is 0 Å². The Morgan fingerprint density at radius 1 is 1.13 bits per heavy atom. The van der Waals surface area contributed by atoms with Crippen LogP contribution in [0.15, 0.2) is 52.3 Å². The standard InChI is InChI=1S/C22H26N4O4S/c1-5-25(6-2)31(29,30)18-11-15(3)16(4)20(12-18)24-21(27)14-26-22(28)19-10-8-7-9-17(19)13-23-26/h7-13H,5-6,14H2,1-4H3,(H,24,27). The van der Waals surface area contributed by atoms with Crippen molar-refractivity contribution >= 4 is 32.4 Å². The number of rotatable bonds is 7. The highest BCUT2D eigenvalue weighted by Crippen LogP contribution is 2.26. The first kappa shape index (κ1) is 22.6. The molecule has 0 atom stereocenters. The van der Waals surface area contributed by atoms with Gasteiger partial charge in [-0.3, -0.25) is 9.59 Å². The number of aryl methyl sites for hydroxylation is 1. The average molecular weight is 443 g/mol. The summed E-state index contributed by atoms with van der Waals surface area (Å²) in [6, 6.07) is 10.1. The Hall–Kier alpha value is -3.04. The minimum Gasteiger partial charge on any atom is -0.324 e. The van der Waals surface area contributed by atoms with Crippen LogP contribution in [0.25, 0.3) is 10.8 Å². The zero-order valence-corrected chi connectivity index (χ0v) is 18.9. The summed E-state index contributed by atoms with van der Waals surface area (Å²) in [6.45, 7) is 7.57. The molecule has 3 rings (SSSR count). The smallest absolute Gasteiger partial charge is 0.275 e. The fourth-order valence-electron chi connectivity index (χ4n) is 3.38. The second-order valence-corrected chi connectivity index (χ2v) is 9.18. The fraction of sp³-hybridized carbons (Fsp3) is 0.318. The van der Waals surface area contributed by atoms with E-state index in [0.717, 1.165) is 15.8 Å². The molecule has 9 heteroatoms. The Kier molecular flexibility index (Phi) is 6.56. The van der Waals surface area contributed by atoms with E-state index < -0.39 is 15.9 Å². The summed E-state index contributed by atoms with van der Waals surface area (Å²) in [4.78, 5) is 25.4. The van der Waals surface area contributed by atoms with Crippen molar-refractivity contribution in [2.75, 3.05) is 18.4 Å². The van der Waals surface area contributed by atoms with Crippen molar-refractivity contribution in [2.24, 2.45) is 0 Å². The molecule has 0 aliphatic carbocycles. The van der Waals surface area contributed by atoms with Gasteiger partial charge in [0.15, 0.2) is 0 Å². The highest BCUT2D eigenvalue weighted by Gasteiger charge is 2.23. The summed E-state index contributed by atoms with van der Waals surface area (Å²) in [6.07, 6.45) is 1.54. The van der Waals surface area contributed by atoms with Crippen molar-refractivity contribution < 1.29 is 13.2 Å². The van der Waals surface area contributed by atoms with E-state index in [9.17, 15) is 18.0 Å². The number of fused-ring (bicyclic) bond motifs is 1. The first-order valence-electron chi connectivity index (χ1n) is 10.0. The van der Waals surface area contributed by atoms with Gasteiger partial charge >= 0.3 is 0 Å². The lowest BCUT2D eigenvalue weighted by Gasteiger charge is -2.20. The number of benzene rings is 2. The van der Waals surface area contributed by atoms with E-state index in [0.29, 0.717) is 29.5 Å². The second-order valence-electron chi connectivity index (χ2n) is 7.24. The van der Waals surface area contributed by atoms with Crippen LogP contribution < -0.4 is 10.9 Å². The molecule has 0 fully saturated rings. The van der Waals surface area contributed by atoms with Crippen LogP contribution >= 0.6 is 0 Å². The van der Waals surface area contributed by atoms with Crippen LogP contribution in [0.1, 0.15) is 25.0 Å². The molecule has 0 aliphatic rings. The third kappa shape index (κ3) is 4.52. The number of nitrogens with zero attached hydrogens (tertiary/aromatic N) is 3. The normalized spacial score (nSPS) is 11.8. The van der Waals surface area contributed by atoms with E-state index in [2.05, 4.69) is 10.4 Å². The lowest BCUT2D eigenvalue weighted by atomic mass is 10.1. The number of nitrogens with one attached hydrogen (secondary N) is 1. The second kappa shape index (κ2) is 8.99. The molecule has 0 aliphatic heterocycles. The highest BCUT2D eigenvalue weighted by molar-refractivity contribution is 7.89. The molecule has 8 nitrogen and oxygen atoms in total. The van der Waals surface area contributed by atoms with E-state index in [1.165, 1.54) is 16.6 Å². The van der Waals surface area contributed by atoms with Gasteiger partial charge in [0, 0.05) is 24.2 Å². The van der Waals surface area contributed by atoms with E-state index in [-0.39, 0.29) is 17.0 Å². The summed E-state index contributed by atoms with van der Waals surface area (Å²) < 4.78 is 28.3. The van der Waals surface area contributed by atoms with Crippen LogP contribution in [0.2, 0.25) is 0 Å². The monoisotopic (exact) mass is 442 g/mol. The predicted molar refractivity (Wildman–Crippen MR) is 121 cm³/mol. The molecule has 164 valence electrons. The van der Waals surface area contributed by atoms with Gasteiger partial charge in [-0.2, -0.15) is 9.40 Å². The van der Waals surface area contributed by atoms with E-state index in [1.807, 2.05) is 6.07 Å². The van der Waals surface area contributed by atoms with E-state index in [1.54, 1.807) is 52.0 Å². The zero-order chi connectivity index (χ0) is 22.8. The molecular weight excluding hydrogens is 416 g/mol. The third-order valence-electron chi connectivity index (χ3n) is 5.31. The average Bonchev–Trinajstić information content (AvgIpc) is 2.74. The molecule has 1 amide bonds. The van der Waals surface area contributed by atoms with E-state index in [4.69, 9.17) is 0 Å². The minimum absolute atomic E-state index is 0.121. The molecule has 0 saturated carbocycles. The van der Waals surface area contributed by atoms with Crippen molar-refractivity contribution in [3.63, 3.8) is 0 Å². The number of carbonyl (C=O) groups excluding carboxylic acids is 1. The quantitative estimate of drug-likeness (QED) is 0.606. The van der Waals surface area contributed by atoms with Gasteiger partial charge in [-0.1, -0.05) is 32.0 Å². The Morgan fingerprint density at radius 3 is 2.48 bits per heavy atom. The van der Waals surface area contributed by atoms with Gasteiger partial charge in [-0.05, 0) is 43.2 Å². The maximum atomic E-state index is 12.9. The number of hydrogen-bond acceptors (Lipinski definition) is 5. The van der Waals surface area contributed by atoms with Crippen LogP contribution in [0.3, 0.4) is 0 Å². The number of anilines is 1. The first-order chi connectivity index (χ1) is 14.7. The number of amides is 1. The summed E-state index contributed by atoms with van der Waals surface area (Å²) >= 11 is 0. The summed E-state index contributed by atoms with van der Waals surface area (Å²) in [5.74, 6) is -0.468. The molecule has 0 spiro atoms. The molecule has 1 N–H and O–H groups in total. The van der Waals surface area contributed by atoms with Crippen molar-refractivity contribution in [3.05, 3.63) is 64.1 Å². The summed E-state index contributed by atoms with van der Waals surface area (Å²) in [7, 11) is -3.67. The lowest BCUT2D eigenvalue weighted by Crippen LogP contribution is -2.31. The van der Waals surface area contributed by atoms with Crippen LogP contribution in [-0.4, -0.2) is 41.5 Å². The first-order valence-corrected chi connectivity index (χ1v) is 11.5. The van der Waals surface area contributed by atoms with Gasteiger partial charge in [0.05, 0.1) is 16.5 Å². The Balaban J connectivity index is 1.91. The molecule has 0 radical (unpaired) electrons. The van der Waals surface area contributed by atoms with Crippen molar-refractivity contribution in [2.45, 2.75) is 39.1 Å². The third-order valence-corrected chi connectivity index (χ3v) is 7.34. The number of carbonyl (C=O) groups is 1. The van der Waals surface area contributed by atoms with Gasteiger partial charge in [-0.25, -0.2) is 13.1 Å².